The van der Waals surface area contributed by atoms with Crippen LogP contribution in [0.3, 0.4) is 0 Å². The lowest BCUT2D eigenvalue weighted by atomic mass is 10.0. The van der Waals surface area contributed by atoms with Crippen LogP contribution in [0.4, 0.5) is 4.79 Å². The summed E-state index contributed by atoms with van der Waals surface area (Å²) in [7, 11) is 1.95. The monoisotopic (exact) mass is 323 g/mol. The Labute approximate surface area is 138 Å². The summed E-state index contributed by atoms with van der Waals surface area (Å²) in [5.74, 6) is 1.15. The molecule has 0 radical (unpaired) electrons. The minimum absolute atomic E-state index is 0.0199. The Kier molecular flexibility index (Phi) is 6.41. The largest absolute Gasteiger partial charge is 0.396 e. The zero-order valence-electron chi connectivity index (χ0n) is 14.4. The van der Waals surface area contributed by atoms with Crippen molar-refractivity contribution in [2.45, 2.75) is 26.3 Å². The van der Waals surface area contributed by atoms with Crippen molar-refractivity contribution in [2.24, 2.45) is 13.0 Å². The lowest BCUT2D eigenvalue weighted by Gasteiger charge is -2.35. The molecule has 1 saturated heterocycles. The second kappa shape index (κ2) is 8.31. The molecule has 0 aliphatic carbocycles. The summed E-state index contributed by atoms with van der Waals surface area (Å²) in [5.41, 5.74) is 0. The lowest BCUT2D eigenvalue weighted by molar-refractivity contribution is 0.129. The summed E-state index contributed by atoms with van der Waals surface area (Å²) >= 11 is 0. The Morgan fingerprint density at radius 3 is 2.57 bits per heavy atom. The van der Waals surface area contributed by atoms with Gasteiger partial charge in [0.05, 0.1) is 6.04 Å². The number of carbonyl (C=O) groups excluding carboxylic acids is 1. The van der Waals surface area contributed by atoms with Gasteiger partial charge in [-0.3, -0.25) is 4.90 Å². The second-order valence-electron chi connectivity index (χ2n) is 6.47. The number of nitrogens with one attached hydrogen (secondary N) is 1. The molecule has 7 heteroatoms. The van der Waals surface area contributed by atoms with Crippen molar-refractivity contribution < 1.29 is 9.90 Å². The number of aliphatic hydroxyl groups is 1. The van der Waals surface area contributed by atoms with Gasteiger partial charge in [-0.15, -0.1) is 0 Å². The zero-order valence-corrected chi connectivity index (χ0v) is 14.4. The first-order valence-electron chi connectivity index (χ1n) is 8.38. The van der Waals surface area contributed by atoms with Crippen LogP contribution < -0.4 is 5.32 Å². The first kappa shape index (κ1) is 17.7. The van der Waals surface area contributed by atoms with Crippen LogP contribution >= 0.6 is 0 Å². The fraction of sp³-hybridized carbons (Fsp3) is 0.750. The van der Waals surface area contributed by atoms with Gasteiger partial charge in [-0.05, 0) is 12.3 Å². The van der Waals surface area contributed by atoms with Crippen molar-refractivity contribution in [3.05, 3.63) is 18.2 Å². The van der Waals surface area contributed by atoms with Gasteiger partial charge >= 0.3 is 6.03 Å². The predicted octanol–water partition coefficient (Wildman–Crippen LogP) is 0.827. The Morgan fingerprint density at radius 1 is 1.35 bits per heavy atom. The van der Waals surface area contributed by atoms with Crippen molar-refractivity contribution in [1.29, 1.82) is 0 Å². The lowest BCUT2D eigenvalue weighted by Crippen LogP contribution is -2.53. The van der Waals surface area contributed by atoms with Crippen LogP contribution in [0.5, 0.6) is 0 Å². The van der Waals surface area contributed by atoms with Crippen molar-refractivity contribution in [2.75, 3.05) is 39.3 Å². The number of piperazine rings is 1. The maximum atomic E-state index is 12.6. The van der Waals surface area contributed by atoms with E-state index in [0.29, 0.717) is 0 Å². The number of amides is 2. The standard InChI is InChI=1S/C16H29N5O2/c1-13(2)14(15-17-5-7-19(15)3)18-16(23)21-10-8-20(9-11-21)6-4-12-22/h5,7,13-14,22H,4,6,8-12H2,1-3H3,(H,18,23)/t14-/m0/s1. The molecule has 1 aliphatic heterocycles. The summed E-state index contributed by atoms with van der Waals surface area (Å²) in [4.78, 5) is 21.1. The molecule has 0 spiro atoms. The zero-order chi connectivity index (χ0) is 16.8. The summed E-state index contributed by atoms with van der Waals surface area (Å²) in [5, 5.41) is 12.0. The topological polar surface area (TPSA) is 73.6 Å². The molecule has 7 nitrogen and oxygen atoms in total. The molecule has 23 heavy (non-hydrogen) atoms. The van der Waals surface area contributed by atoms with Gasteiger partial charge in [0, 0.05) is 58.8 Å². The van der Waals surface area contributed by atoms with E-state index in [9.17, 15) is 4.79 Å². The van der Waals surface area contributed by atoms with Crippen LogP contribution in [0.2, 0.25) is 0 Å². The van der Waals surface area contributed by atoms with E-state index in [4.69, 9.17) is 5.11 Å². The Balaban J connectivity index is 1.89. The van der Waals surface area contributed by atoms with Crippen LogP contribution in [0.25, 0.3) is 0 Å². The molecule has 0 bridgehead atoms. The summed E-state index contributed by atoms with van der Waals surface area (Å²) in [6.07, 6.45) is 4.45. The number of hydrogen-bond donors (Lipinski definition) is 2. The fourth-order valence-corrected chi connectivity index (χ4v) is 2.90. The Hall–Kier alpha value is -1.60. The number of aryl methyl sites for hydroxylation is 1. The van der Waals surface area contributed by atoms with Gasteiger partial charge in [0.15, 0.2) is 0 Å². The molecule has 1 aromatic heterocycles. The van der Waals surface area contributed by atoms with E-state index < -0.39 is 0 Å². The number of urea groups is 1. The molecule has 1 aromatic rings. The van der Waals surface area contributed by atoms with Crippen LogP contribution in [0.15, 0.2) is 12.4 Å². The van der Waals surface area contributed by atoms with E-state index in [1.807, 2.05) is 22.7 Å². The highest BCUT2D eigenvalue weighted by Crippen LogP contribution is 2.20. The molecule has 1 atom stereocenters. The molecular formula is C16H29N5O2. The van der Waals surface area contributed by atoms with Gasteiger partial charge in [0.25, 0.3) is 0 Å². The third-order valence-corrected chi connectivity index (χ3v) is 4.37. The molecule has 2 amide bonds. The minimum atomic E-state index is -0.0880. The highest BCUT2D eigenvalue weighted by Gasteiger charge is 2.26. The maximum absolute atomic E-state index is 12.6. The van der Waals surface area contributed by atoms with E-state index in [2.05, 4.69) is 29.0 Å². The van der Waals surface area contributed by atoms with E-state index >= 15 is 0 Å². The average Bonchev–Trinajstić information content (AvgIpc) is 2.96. The van der Waals surface area contributed by atoms with Gasteiger partial charge in [-0.1, -0.05) is 13.8 Å². The normalized spacial score (nSPS) is 17.5. The third-order valence-electron chi connectivity index (χ3n) is 4.37. The Morgan fingerprint density at radius 2 is 2.04 bits per heavy atom. The van der Waals surface area contributed by atoms with E-state index in [1.165, 1.54) is 0 Å². The molecular weight excluding hydrogens is 294 g/mol. The highest BCUT2D eigenvalue weighted by molar-refractivity contribution is 5.74. The summed E-state index contributed by atoms with van der Waals surface area (Å²) in [6, 6.07) is -0.108. The fourth-order valence-electron chi connectivity index (χ4n) is 2.90. The number of carbonyl (C=O) groups is 1. The molecule has 2 rings (SSSR count). The minimum Gasteiger partial charge on any atom is -0.396 e. The van der Waals surface area contributed by atoms with Gasteiger partial charge in [-0.2, -0.15) is 0 Å². The van der Waals surface area contributed by atoms with Gasteiger partial charge < -0.3 is 19.9 Å². The summed E-state index contributed by atoms with van der Waals surface area (Å²) < 4.78 is 1.96. The average molecular weight is 323 g/mol. The van der Waals surface area contributed by atoms with Crippen molar-refractivity contribution >= 4 is 6.03 Å². The molecule has 0 aromatic carbocycles. The first-order chi connectivity index (χ1) is 11.0. The Bertz CT molecular complexity index is 494. The number of rotatable bonds is 6. The number of aromatic nitrogens is 2. The molecule has 0 unspecified atom stereocenters. The molecule has 1 aliphatic rings. The van der Waals surface area contributed by atoms with Crippen LogP contribution in [0, 0.1) is 5.92 Å². The van der Waals surface area contributed by atoms with Crippen molar-refractivity contribution in [3.8, 4) is 0 Å². The number of nitrogens with zero attached hydrogens (tertiary/aromatic N) is 4. The predicted molar refractivity (Wildman–Crippen MR) is 89.0 cm³/mol. The highest BCUT2D eigenvalue weighted by atomic mass is 16.3. The van der Waals surface area contributed by atoms with Crippen molar-refractivity contribution in [1.82, 2.24) is 24.7 Å². The second-order valence-corrected chi connectivity index (χ2v) is 6.47. The smallest absolute Gasteiger partial charge is 0.318 e. The number of hydrogen-bond acceptors (Lipinski definition) is 4. The summed E-state index contributed by atoms with van der Waals surface area (Å²) in [6.45, 7) is 8.48. The third kappa shape index (κ3) is 4.68. The van der Waals surface area contributed by atoms with Crippen molar-refractivity contribution in [3.63, 3.8) is 0 Å². The first-order valence-corrected chi connectivity index (χ1v) is 8.38. The molecule has 0 saturated carbocycles. The maximum Gasteiger partial charge on any atom is 0.318 e. The molecule has 1 fully saturated rings. The van der Waals surface area contributed by atoms with Gasteiger partial charge in [0.2, 0.25) is 0 Å². The quantitative estimate of drug-likeness (QED) is 0.813. The van der Waals surface area contributed by atoms with Crippen LogP contribution in [-0.2, 0) is 7.05 Å². The van der Waals surface area contributed by atoms with E-state index in [-0.39, 0.29) is 24.6 Å². The number of aliphatic hydroxyl groups excluding tert-OH is 1. The van der Waals surface area contributed by atoms with Crippen LogP contribution in [-0.4, -0.2) is 69.8 Å². The number of imidazole rings is 1. The van der Waals surface area contributed by atoms with E-state index in [0.717, 1.165) is 45.0 Å². The SMILES string of the molecule is CC(C)[C@H](NC(=O)N1CCN(CCCO)CC1)c1nccn1C. The molecule has 2 N–H and O–H groups in total. The van der Waals surface area contributed by atoms with E-state index in [1.54, 1.807) is 6.20 Å². The molecule has 130 valence electrons. The van der Waals surface area contributed by atoms with Gasteiger partial charge in [-0.25, -0.2) is 9.78 Å². The molecule has 2 heterocycles. The van der Waals surface area contributed by atoms with Gasteiger partial charge in [0.1, 0.15) is 5.82 Å². The van der Waals surface area contributed by atoms with Crippen LogP contribution in [0.1, 0.15) is 32.1 Å².